The van der Waals surface area contributed by atoms with E-state index < -0.39 is 0 Å². The third-order valence-corrected chi connectivity index (χ3v) is 5.88. The first-order valence-corrected chi connectivity index (χ1v) is 10.6. The van der Waals surface area contributed by atoms with Crippen LogP contribution in [0.25, 0.3) is 21.5 Å². The molecule has 0 aliphatic rings. The fourth-order valence-corrected chi connectivity index (χ4v) is 4.48. The highest BCUT2D eigenvalue weighted by Gasteiger charge is 2.25. The lowest BCUT2D eigenvalue weighted by molar-refractivity contribution is 0.0976. The minimum atomic E-state index is -0.212. The van der Waals surface area contributed by atoms with Crippen LogP contribution in [0.2, 0.25) is 0 Å². The van der Waals surface area contributed by atoms with Crippen molar-refractivity contribution >= 4 is 45.0 Å². The summed E-state index contributed by atoms with van der Waals surface area (Å²) in [6.07, 6.45) is 0. The number of rotatable bonds is 6. The Labute approximate surface area is 191 Å². The quantitative estimate of drug-likeness (QED) is 0.399. The van der Waals surface area contributed by atoms with Crippen molar-refractivity contribution in [3.05, 3.63) is 65.4 Å². The van der Waals surface area contributed by atoms with E-state index in [4.69, 9.17) is 9.51 Å². The molecular weight excluding hydrogens is 432 g/mol. The minimum Gasteiger partial charge on any atom is -0.355 e. The Morgan fingerprint density at radius 1 is 1.06 bits per heavy atom. The van der Waals surface area contributed by atoms with Gasteiger partial charge in [0.25, 0.3) is 5.91 Å². The maximum atomic E-state index is 13.4. The van der Waals surface area contributed by atoms with Crippen LogP contribution in [0.1, 0.15) is 21.6 Å². The number of nitrogens with zero attached hydrogens (tertiary/aromatic N) is 4. The zero-order valence-electron chi connectivity index (χ0n) is 18.0. The first-order valence-electron chi connectivity index (χ1n) is 9.79. The minimum absolute atomic E-state index is 0. The SMILES string of the molecule is Cc1cc(C)c2nc(N(CCN(C)C)C(=O)c3cc(-c4ccccc4)on3)sc2c1.Cl. The van der Waals surface area contributed by atoms with Gasteiger partial charge in [0, 0.05) is 24.7 Å². The molecule has 0 bridgehead atoms. The van der Waals surface area contributed by atoms with Gasteiger partial charge in [0.05, 0.1) is 10.2 Å². The van der Waals surface area contributed by atoms with Crippen LogP contribution in [0.5, 0.6) is 0 Å². The van der Waals surface area contributed by atoms with E-state index in [0.717, 1.165) is 21.3 Å². The number of carbonyl (C=O) groups excluding carboxylic acids is 1. The number of halogens is 1. The largest absolute Gasteiger partial charge is 0.355 e. The summed E-state index contributed by atoms with van der Waals surface area (Å²) in [5.41, 5.74) is 4.40. The van der Waals surface area contributed by atoms with Crippen molar-refractivity contribution in [2.45, 2.75) is 13.8 Å². The number of hydrogen-bond donors (Lipinski definition) is 0. The zero-order valence-corrected chi connectivity index (χ0v) is 19.6. The second-order valence-corrected chi connectivity index (χ2v) is 8.64. The second kappa shape index (κ2) is 9.60. The fourth-order valence-electron chi connectivity index (χ4n) is 3.31. The van der Waals surface area contributed by atoms with Crippen LogP contribution >= 0.6 is 23.7 Å². The normalized spacial score (nSPS) is 11.0. The van der Waals surface area contributed by atoms with Gasteiger partial charge in [0.15, 0.2) is 16.6 Å². The van der Waals surface area contributed by atoms with Gasteiger partial charge in [-0.1, -0.05) is 52.9 Å². The summed E-state index contributed by atoms with van der Waals surface area (Å²) in [7, 11) is 3.97. The van der Waals surface area contributed by atoms with Crippen molar-refractivity contribution in [2.24, 2.45) is 0 Å². The molecule has 0 atom stereocenters. The molecule has 0 spiro atoms. The molecule has 0 aliphatic carbocycles. The summed E-state index contributed by atoms with van der Waals surface area (Å²) >= 11 is 1.53. The number of aryl methyl sites for hydroxylation is 2. The van der Waals surface area contributed by atoms with E-state index in [2.05, 4.69) is 31.1 Å². The van der Waals surface area contributed by atoms with Gasteiger partial charge in [-0.3, -0.25) is 9.69 Å². The molecule has 6 nitrogen and oxygen atoms in total. The van der Waals surface area contributed by atoms with Gasteiger partial charge in [0.2, 0.25) is 0 Å². The number of aromatic nitrogens is 2. The van der Waals surface area contributed by atoms with E-state index in [9.17, 15) is 4.79 Å². The van der Waals surface area contributed by atoms with Crippen LogP contribution in [-0.4, -0.2) is 48.1 Å². The number of fused-ring (bicyclic) bond motifs is 1. The molecule has 2 heterocycles. The van der Waals surface area contributed by atoms with Crippen LogP contribution < -0.4 is 4.90 Å². The van der Waals surface area contributed by atoms with Crippen molar-refractivity contribution in [3.63, 3.8) is 0 Å². The molecule has 162 valence electrons. The van der Waals surface area contributed by atoms with Crippen LogP contribution in [0.3, 0.4) is 0 Å². The molecular formula is C23H25ClN4O2S. The Kier molecular flexibility index (Phi) is 7.10. The molecule has 2 aromatic heterocycles. The summed E-state index contributed by atoms with van der Waals surface area (Å²) in [5.74, 6) is 0.360. The predicted molar refractivity (Wildman–Crippen MR) is 129 cm³/mol. The maximum Gasteiger partial charge on any atom is 0.282 e. The van der Waals surface area contributed by atoms with E-state index in [1.54, 1.807) is 11.0 Å². The number of amides is 1. The summed E-state index contributed by atoms with van der Waals surface area (Å²) in [4.78, 5) is 21.9. The average Bonchev–Trinajstić information content (AvgIpc) is 3.36. The van der Waals surface area contributed by atoms with E-state index in [1.165, 1.54) is 16.9 Å². The molecule has 8 heteroatoms. The topological polar surface area (TPSA) is 62.5 Å². The van der Waals surface area contributed by atoms with Crippen LogP contribution in [-0.2, 0) is 0 Å². The maximum absolute atomic E-state index is 13.4. The van der Waals surface area contributed by atoms with E-state index in [1.807, 2.05) is 49.3 Å². The molecule has 0 saturated heterocycles. The Balaban J connectivity index is 0.00000272. The van der Waals surface area contributed by atoms with Crippen molar-refractivity contribution in [1.82, 2.24) is 15.0 Å². The Morgan fingerprint density at radius 2 is 1.81 bits per heavy atom. The number of carbonyl (C=O) groups is 1. The number of thiazole rings is 1. The molecule has 0 aliphatic heterocycles. The molecule has 4 rings (SSSR count). The van der Waals surface area contributed by atoms with E-state index in [0.29, 0.717) is 24.0 Å². The summed E-state index contributed by atoms with van der Waals surface area (Å²) in [6, 6.07) is 15.6. The van der Waals surface area contributed by atoms with E-state index >= 15 is 0 Å². The first kappa shape index (κ1) is 22.9. The Hall–Kier alpha value is -2.74. The second-order valence-electron chi connectivity index (χ2n) is 7.63. The highest BCUT2D eigenvalue weighted by molar-refractivity contribution is 7.22. The summed E-state index contributed by atoms with van der Waals surface area (Å²) in [5, 5.41) is 4.72. The van der Waals surface area contributed by atoms with Gasteiger partial charge in [0.1, 0.15) is 0 Å². The fraction of sp³-hybridized carbons (Fsp3) is 0.261. The lowest BCUT2D eigenvalue weighted by Gasteiger charge is -2.20. The monoisotopic (exact) mass is 456 g/mol. The smallest absolute Gasteiger partial charge is 0.282 e. The Bertz CT molecular complexity index is 1190. The molecule has 1 amide bonds. The van der Waals surface area contributed by atoms with Crippen LogP contribution in [0.15, 0.2) is 53.1 Å². The molecule has 0 saturated carbocycles. The third-order valence-electron chi connectivity index (χ3n) is 4.85. The van der Waals surface area contributed by atoms with E-state index in [-0.39, 0.29) is 24.0 Å². The molecule has 2 aromatic carbocycles. The molecule has 31 heavy (non-hydrogen) atoms. The molecule has 4 aromatic rings. The van der Waals surface area contributed by atoms with Gasteiger partial charge < -0.3 is 9.42 Å². The molecule has 0 fully saturated rings. The van der Waals surface area contributed by atoms with Crippen molar-refractivity contribution < 1.29 is 9.32 Å². The zero-order chi connectivity index (χ0) is 21.3. The molecule has 0 unspecified atom stereocenters. The lowest BCUT2D eigenvalue weighted by atomic mass is 10.1. The van der Waals surface area contributed by atoms with Crippen LogP contribution in [0, 0.1) is 13.8 Å². The van der Waals surface area contributed by atoms with Gasteiger partial charge in [-0.05, 0) is 45.1 Å². The average molecular weight is 457 g/mol. The van der Waals surface area contributed by atoms with Crippen molar-refractivity contribution in [3.8, 4) is 11.3 Å². The highest BCUT2D eigenvalue weighted by Crippen LogP contribution is 2.32. The number of benzene rings is 2. The van der Waals surface area contributed by atoms with Gasteiger partial charge >= 0.3 is 0 Å². The number of hydrogen-bond acceptors (Lipinski definition) is 6. The van der Waals surface area contributed by atoms with Gasteiger partial charge in [-0.2, -0.15) is 0 Å². The first-order chi connectivity index (χ1) is 14.4. The van der Waals surface area contributed by atoms with Crippen molar-refractivity contribution in [2.75, 3.05) is 32.1 Å². The predicted octanol–water partition coefficient (Wildman–Crippen LogP) is 5.20. The van der Waals surface area contributed by atoms with Crippen molar-refractivity contribution in [1.29, 1.82) is 0 Å². The standard InChI is InChI=1S/C23H24N4O2S.ClH/c1-15-12-16(2)21-20(13-15)30-23(24-21)27(11-10-26(3)4)22(28)18-14-19(29-25-18)17-8-6-5-7-9-17;/h5-9,12-14H,10-11H2,1-4H3;1H. The number of likely N-dealkylation sites (N-methyl/N-ethyl adjacent to an activating group) is 1. The third kappa shape index (κ3) is 4.95. The Morgan fingerprint density at radius 3 is 2.52 bits per heavy atom. The van der Waals surface area contributed by atoms with Crippen LogP contribution in [0.4, 0.5) is 5.13 Å². The van der Waals surface area contributed by atoms with Gasteiger partial charge in [-0.25, -0.2) is 4.98 Å². The highest BCUT2D eigenvalue weighted by atomic mass is 35.5. The van der Waals surface area contributed by atoms with Gasteiger partial charge in [-0.15, -0.1) is 12.4 Å². The lowest BCUT2D eigenvalue weighted by Crippen LogP contribution is -2.36. The molecule has 0 radical (unpaired) electrons. The summed E-state index contributed by atoms with van der Waals surface area (Å²) < 4.78 is 6.53. The summed E-state index contributed by atoms with van der Waals surface area (Å²) in [6.45, 7) is 5.34. The molecule has 0 N–H and O–H groups in total. The number of anilines is 1.